The van der Waals surface area contributed by atoms with Crippen LogP contribution >= 0.6 is 0 Å². The van der Waals surface area contributed by atoms with Crippen molar-refractivity contribution in [3.05, 3.63) is 30.3 Å². The van der Waals surface area contributed by atoms with E-state index in [1.165, 1.54) is 0 Å². The lowest BCUT2D eigenvalue weighted by atomic mass is 10.1. The Labute approximate surface area is 113 Å². The molecule has 5 heteroatoms. The Morgan fingerprint density at radius 3 is 2.58 bits per heavy atom. The molecular weight excluding hydrogens is 244 g/mol. The highest BCUT2D eigenvalue weighted by molar-refractivity contribution is 5.74. The molecule has 0 fully saturated rings. The molecule has 0 saturated heterocycles. The van der Waals surface area contributed by atoms with E-state index in [1.54, 1.807) is 11.9 Å². The lowest BCUT2D eigenvalue weighted by Crippen LogP contribution is -2.33. The fourth-order valence-corrected chi connectivity index (χ4v) is 1.88. The fraction of sp³-hybridized carbons (Fsp3) is 0.429. The molecule has 0 radical (unpaired) electrons. The largest absolute Gasteiger partial charge is 0.480 e. The highest BCUT2D eigenvalue weighted by Gasteiger charge is 2.14. The molecule has 1 atom stereocenters. The number of carboxylic acid groups (broad SMARTS) is 1. The van der Waals surface area contributed by atoms with Crippen molar-refractivity contribution < 1.29 is 14.7 Å². The third kappa shape index (κ3) is 5.09. The lowest BCUT2D eigenvalue weighted by molar-refractivity contribution is -0.139. The number of anilines is 1. The van der Waals surface area contributed by atoms with E-state index in [4.69, 9.17) is 5.11 Å². The Kier molecular flexibility index (Phi) is 6.60. The molecule has 0 heterocycles. The normalized spacial score (nSPS) is 11.8. The second kappa shape index (κ2) is 8.26. The molecule has 104 valence electrons. The van der Waals surface area contributed by atoms with Crippen LogP contribution in [0, 0.1) is 0 Å². The Morgan fingerprint density at radius 2 is 2.05 bits per heavy atom. The summed E-state index contributed by atoms with van der Waals surface area (Å²) in [7, 11) is 1.64. The predicted molar refractivity (Wildman–Crippen MR) is 74.2 cm³/mol. The van der Waals surface area contributed by atoms with Gasteiger partial charge < -0.3 is 15.3 Å². The maximum Gasteiger partial charge on any atom is 0.320 e. The van der Waals surface area contributed by atoms with Crippen LogP contribution in [-0.4, -0.2) is 37.1 Å². The van der Waals surface area contributed by atoms with E-state index in [9.17, 15) is 9.59 Å². The van der Waals surface area contributed by atoms with Gasteiger partial charge in [-0.2, -0.15) is 0 Å². The number of aliphatic carboxylic acids is 1. The summed E-state index contributed by atoms with van der Waals surface area (Å²) in [6, 6.07) is 8.91. The maximum absolute atomic E-state index is 11.0. The molecule has 0 aromatic heterocycles. The molecule has 5 nitrogen and oxygen atoms in total. The van der Waals surface area contributed by atoms with Gasteiger partial charge in [-0.1, -0.05) is 18.2 Å². The third-order valence-corrected chi connectivity index (χ3v) is 3.00. The van der Waals surface area contributed by atoms with Crippen molar-refractivity contribution in [2.75, 3.05) is 18.5 Å². The Balaban J connectivity index is 2.35. The zero-order valence-corrected chi connectivity index (χ0v) is 11.1. The molecule has 0 aliphatic heterocycles. The summed E-state index contributed by atoms with van der Waals surface area (Å²) in [5.41, 5.74) is 0.862. The summed E-state index contributed by atoms with van der Waals surface area (Å²) in [6.07, 6.45) is 2.91. The number of carbonyl (C=O) groups excluding carboxylic acids is 1. The minimum Gasteiger partial charge on any atom is -0.480 e. The van der Waals surface area contributed by atoms with Gasteiger partial charge in [-0.15, -0.1) is 0 Å². The predicted octanol–water partition coefficient (Wildman–Crippen LogP) is 1.49. The molecule has 19 heavy (non-hydrogen) atoms. The molecule has 1 rings (SSSR count). The minimum atomic E-state index is -0.835. The van der Waals surface area contributed by atoms with E-state index < -0.39 is 12.0 Å². The smallest absolute Gasteiger partial charge is 0.320 e. The molecule has 1 aromatic carbocycles. The fourth-order valence-electron chi connectivity index (χ4n) is 1.88. The van der Waals surface area contributed by atoms with Crippen LogP contribution in [0.15, 0.2) is 30.3 Å². The summed E-state index contributed by atoms with van der Waals surface area (Å²) in [5.74, 6) is -0.835. The zero-order valence-electron chi connectivity index (χ0n) is 11.1. The van der Waals surface area contributed by atoms with Gasteiger partial charge in [-0.3, -0.25) is 9.59 Å². The van der Waals surface area contributed by atoms with Crippen molar-refractivity contribution in [1.82, 2.24) is 5.32 Å². The van der Waals surface area contributed by atoms with Gasteiger partial charge in [0, 0.05) is 12.2 Å². The van der Waals surface area contributed by atoms with Crippen molar-refractivity contribution in [3.63, 3.8) is 0 Å². The monoisotopic (exact) mass is 264 g/mol. The Bertz CT molecular complexity index is 395. The van der Waals surface area contributed by atoms with Gasteiger partial charge >= 0.3 is 5.97 Å². The highest BCUT2D eigenvalue weighted by atomic mass is 16.4. The molecule has 0 unspecified atom stereocenters. The summed E-state index contributed by atoms with van der Waals surface area (Å²) in [5, 5.41) is 11.6. The van der Waals surface area contributed by atoms with Crippen LogP contribution in [-0.2, 0) is 9.59 Å². The second-order valence-electron chi connectivity index (χ2n) is 4.31. The number of rotatable bonds is 9. The molecule has 0 bridgehead atoms. The average molecular weight is 264 g/mol. The van der Waals surface area contributed by atoms with Gasteiger partial charge in [0.25, 0.3) is 0 Å². The number of benzene rings is 1. The van der Waals surface area contributed by atoms with Crippen LogP contribution in [0.1, 0.15) is 19.3 Å². The standard InChI is InChI=1S/C14H20N2O3/c1-15-13(14(18)19)9-5-6-10-16(11-17)12-7-3-2-4-8-12/h2-4,7-8,11,13,15H,5-6,9-10H2,1H3,(H,18,19)/t13-/m0/s1. The Hall–Kier alpha value is -1.88. The van der Waals surface area contributed by atoms with Crippen LogP contribution in [0.5, 0.6) is 0 Å². The number of nitrogens with one attached hydrogen (secondary N) is 1. The summed E-state index contributed by atoms with van der Waals surface area (Å²) in [4.78, 5) is 23.5. The highest BCUT2D eigenvalue weighted by Crippen LogP contribution is 2.12. The van der Waals surface area contributed by atoms with Crippen molar-refractivity contribution in [2.24, 2.45) is 0 Å². The molecule has 0 aliphatic carbocycles. The van der Waals surface area contributed by atoms with E-state index in [-0.39, 0.29) is 0 Å². The Morgan fingerprint density at radius 1 is 1.37 bits per heavy atom. The summed E-state index contributed by atoms with van der Waals surface area (Å²) in [6.45, 7) is 0.601. The van der Waals surface area contributed by atoms with E-state index in [0.29, 0.717) is 13.0 Å². The number of para-hydroxylation sites is 1. The van der Waals surface area contributed by atoms with Gasteiger partial charge in [0.2, 0.25) is 6.41 Å². The molecule has 0 aliphatic rings. The van der Waals surface area contributed by atoms with Crippen LogP contribution in [0.4, 0.5) is 5.69 Å². The molecule has 2 N–H and O–H groups in total. The van der Waals surface area contributed by atoms with Crippen molar-refractivity contribution in [2.45, 2.75) is 25.3 Å². The average Bonchev–Trinajstić information content (AvgIpc) is 2.43. The van der Waals surface area contributed by atoms with E-state index >= 15 is 0 Å². The van der Waals surface area contributed by atoms with Crippen LogP contribution < -0.4 is 10.2 Å². The molecule has 1 amide bonds. The van der Waals surface area contributed by atoms with E-state index in [0.717, 1.165) is 24.9 Å². The van der Waals surface area contributed by atoms with Gasteiger partial charge in [0.05, 0.1) is 0 Å². The van der Waals surface area contributed by atoms with Gasteiger partial charge in [0.1, 0.15) is 6.04 Å². The first-order valence-electron chi connectivity index (χ1n) is 6.36. The first-order valence-corrected chi connectivity index (χ1v) is 6.36. The number of hydrogen-bond donors (Lipinski definition) is 2. The molecular formula is C14H20N2O3. The molecule has 0 saturated carbocycles. The zero-order chi connectivity index (χ0) is 14.1. The number of carboxylic acids is 1. The van der Waals surface area contributed by atoms with E-state index in [1.807, 2.05) is 30.3 Å². The van der Waals surface area contributed by atoms with Gasteiger partial charge in [0.15, 0.2) is 0 Å². The molecule has 0 spiro atoms. The van der Waals surface area contributed by atoms with Crippen molar-refractivity contribution in [3.8, 4) is 0 Å². The first kappa shape index (κ1) is 15.2. The van der Waals surface area contributed by atoms with Gasteiger partial charge in [-0.05, 0) is 38.4 Å². The first-order chi connectivity index (χ1) is 9.19. The summed E-state index contributed by atoms with van der Waals surface area (Å²) < 4.78 is 0. The molecule has 1 aromatic rings. The van der Waals surface area contributed by atoms with Crippen LogP contribution in [0.3, 0.4) is 0 Å². The van der Waals surface area contributed by atoms with Crippen LogP contribution in [0.25, 0.3) is 0 Å². The number of nitrogens with zero attached hydrogens (tertiary/aromatic N) is 1. The lowest BCUT2D eigenvalue weighted by Gasteiger charge is -2.17. The number of hydrogen-bond acceptors (Lipinski definition) is 3. The quantitative estimate of drug-likeness (QED) is 0.524. The number of carbonyl (C=O) groups is 2. The van der Waals surface area contributed by atoms with Crippen molar-refractivity contribution >= 4 is 18.1 Å². The number of unbranched alkanes of at least 4 members (excludes halogenated alkanes) is 1. The topological polar surface area (TPSA) is 69.6 Å². The minimum absolute atomic E-state index is 0.513. The third-order valence-electron chi connectivity index (χ3n) is 3.00. The van der Waals surface area contributed by atoms with Gasteiger partial charge in [-0.25, -0.2) is 0 Å². The number of likely N-dealkylation sites (N-methyl/N-ethyl adjacent to an activating group) is 1. The summed E-state index contributed by atoms with van der Waals surface area (Å²) >= 11 is 0. The SMILES string of the molecule is CN[C@@H](CCCCN(C=O)c1ccccc1)C(=O)O. The van der Waals surface area contributed by atoms with Crippen molar-refractivity contribution in [1.29, 1.82) is 0 Å². The maximum atomic E-state index is 11.0. The number of amides is 1. The second-order valence-corrected chi connectivity index (χ2v) is 4.31. The van der Waals surface area contributed by atoms with E-state index in [2.05, 4.69) is 5.32 Å². The van der Waals surface area contributed by atoms with Crippen LogP contribution in [0.2, 0.25) is 0 Å².